The lowest BCUT2D eigenvalue weighted by atomic mass is 10.1. The summed E-state index contributed by atoms with van der Waals surface area (Å²) in [6, 6.07) is 7.42. The first-order chi connectivity index (χ1) is 10.1. The predicted molar refractivity (Wildman–Crippen MR) is 82.5 cm³/mol. The summed E-state index contributed by atoms with van der Waals surface area (Å²) in [7, 11) is 3.52. The maximum atomic E-state index is 11.2. The van der Waals surface area contributed by atoms with Crippen LogP contribution in [0.15, 0.2) is 30.3 Å². The molecule has 0 unspecified atom stereocenters. The number of likely N-dealkylation sites (N-methyl/N-ethyl adjacent to an activating group) is 1. The molecule has 1 aliphatic rings. The van der Waals surface area contributed by atoms with Crippen molar-refractivity contribution in [1.29, 1.82) is 0 Å². The van der Waals surface area contributed by atoms with Crippen LogP contribution in [0.4, 0.5) is 0 Å². The highest BCUT2D eigenvalue weighted by atomic mass is 16.5. The van der Waals surface area contributed by atoms with E-state index in [-0.39, 0.29) is 0 Å². The fraction of sp³-hybridized carbons (Fsp3) is 0.438. The Morgan fingerprint density at radius 2 is 2.19 bits per heavy atom. The maximum Gasteiger partial charge on any atom is 0.322 e. The Hall–Kier alpha value is -1.85. The molecule has 2 rings (SSSR count). The molecule has 1 N–H and O–H groups in total. The highest BCUT2D eigenvalue weighted by Gasteiger charge is 2.28. The van der Waals surface area contributed by atoms with E-state index in [0.29, 0.717) is 6.54 Å². The van der Waals surface area contributed by atoms with Crippen LogP contribution in [0.25, 0.3) is 6.08 Å². The van der Waals surface area contributed by atoms with Crippen LogP contribution >= 0.6 is 0 Å². The second-order valence-corrected chi connectivity index (χ2v) is 5.24. The molecule has 1 atom stereocenters. The topological polar surface area (TPSA) is 53.0 Å². The second-order valence-electron chi connectivity index (χ2n) is 5.24. The van der Waals surface area contributed by atoms with E-state index in [1.807, 2.05) is 42.3 Å². The number of hydrogen-bond acceptors (Lipinski definition) is 4. The molecule has 0 bridgehead atoms. The third-order valence-corrected chi connectivity index (χ3v) is 3.82. The van der Waals surface area contributed by atoms with Crippen molar-refractivity contribution in [3.8, 4) is 5.75 Å². The van der Waals surface area contributed by atoms with E-state index in [9.17, 15) is 9.90 Å². The van der Waals surface area contributed by atoms with Crippen LogP contribution in [-0.2, 0) is 4.79 Å². The van der Waals surface area contributed by atoms with Gasteiger partial charge in [-0.05, 0) is 13.1 Å². The quantitative estimate of drug-likeness (QED) is 0.888. The van der Waals surface area contributed by atoms with E-state index in [1.165, 1.54) is 0 Å². The molecule has 0 aromatic heterocycles. The summed E-state index contributed by atoms with van der Waals surface area (Å²) in [6.45, 7) is 2.97. The first-order valence-corrected chi connectivity index (χ1v) is 7.06. The SMILES string of the molecule is COc1ccccc1/C=C/CN1CCN(C)[C@H](C(=O)O)C1. The summed E-state index contributed by atoms with van der Waals surface area (Å²) in [5.74, 6) is 0.0893. The molecule has 0 amide bonds. The largest absolute Gasteiger partial charge is 0.496 e. The monoisotopic (exact) mass is 290 g/mol. The fourth-order valence-electron chi connectivity index (χ4n) is 2.50. The van der Waals surface area contributed by atoms with E-state index in [1.54, 1.807) is 7.11 Å². The van der Waals surface area contributed by atoms with Gasteiger partial charge >= 0.3 is 5.97 Å². The third-order valence-electron chi connectivity index (χ3n) is 3.82. The Morgan fingerprint density at radius 3 is 2.90 bits per heavy atom. The zero-order valence-electron chi connectivity index (χ0n) is 12.5. The summed E-state index contributed by atoms with van der Waals surface area (Å²) >= 11 is 0. The summed E-state index contributed by atoms with van der Waals surface area (Å²) in [5, 5.41) is 9.20. The van der Waals surface area contributed by atoms with Crippen LogP contribution in [0, 0.1) is 0 Å². The number of rotatable bonds is 5. The molecule has 0 radical (unpaired) electrons. The van der Waals surface area contributed by atoms with Crippen molar-refractivity contribution < 1.29 is 14.6 Å². The van der Waals surface area contributed by atoms with Crippen molar-refractivity contribution in [2.24, 2.45) is 0 Å². The molecule has 5 nitrogen and oxygen atoms in total. The van der Waals surface area contributed by atoms with Crippen molar-refractivity contribution in [3.63, 3.8) is 0 Å². The molecule has 0 spiro atoms. The lowest BCUT2D eigenvalue weighted by Gasteiger charge is -2.36. The highest BCUT2D eigenvalue weighted by Crippen LogP contribution is 2.18. The van der Waals surface area contributed by atoms with Crippen LogP contribution in [0.3, 0.4) is 0 Å². The van der Waals surface area contributed by atoms with Crippen molar-refractivity contribution >= 4 is 12.0 Å². The molecular formula is C16H22N2O3. The Labute approximate surface area is 125 Å². The Kier molecular flexibility index (Phi) is 5.36. The minimum absolute atomic E-state index is 0.418. The number of methoxy groups -OCH3 is 1. The van der Waals surface area contributed by atoms with Crippen molar-refractivity contribution in [3.05, 3.63) is 35.9 Å². The third kappa shape index (κ3) is 4.06. The molecule has 1 heterocycles. The lowest BCUT2D eigenvalue weighted by Crippen LogP contribution is -2.54. The van der Waals surface area contributed by atoms with Gasteiger partial charge in [-0.25, -0.2) is 0 Å². The Bertz CT molecular complexity index is 516. The molecule has 1 aromatic rings. The fourth-order valence-corrected chi connectivity index (χ4v) is 2.50. The van der Waals surface area contributed by atoms with E-state index in [0.717, 1.165) is 30.9 Å². The van der Waals surface area contributed by atoms with Gasteiger partial charge in [0.05, 0.1) is 7.11 Å². The summed E-state index contributed by atoms with van der Waals surface area (Å²) in [4.78, 5) is 15.2. The average molecular weight is 290 g/mol. The molecule has 1 aromatic carbocycles. The standard InChI is InChI=1S/C16H22N2O3/c1-17-10-11-18(12-14(17)16(19)20)9-5-7-13-6-3-4-8-15(13)21-2/h3-8,14H,9-12H2,1-2H3,(H,19,20)/b7-5+/t14-/m0/s1. The van der Waals surface area contributed by atoms with Gasteiger partial charge < -0.3 is 9.84 Å². The molecule has 1 fully saturated rings. The second kappa shape index (κ2) is 7.24. The maximum absolute atomic E-state index is 11.2. The van der Waals surface area contributed by atoms with Crippen LogP contribution in [0.5, 0.6) is 5.75 Å². The van der Waals surface area contributed by atoms with E-state index < -0.39 is 12.0 Å². The van der Waals surface area contributed by atoms with Crippen LogP contribution in [-0.4, -0.2) is 67.3 Å². The van der Waals surface area contributed by atoms with Crippen LogP contribution in [0.1, 0.15) is 5.56 Å². The van der Waals surface area contributed by atoms with Gasteiger partial charge in [0.1, 0.15) is 11.8 Å². The van der Waals surface area contributed by atoms with Gasteiger partial charge in [0.2, 0.25) is 0 Å². The molecule has 21 heavy (non-hydrogen) atoms. The van der Waals surface area contributed by atoms with Gasteiger partial charge in [0.15, 0.2) is 0 Å². The number of carboxylic acid groups (broad SMARTS) is 1. The summed E-state index contributed by atoms with van der Waals surface area (Å²) in [6.07, 6.45) is 4.08. The van der Waals surface area contributed by atoms with Crippen LogP contribution < -0.4 is 4.74 Å². The molecule has 5 heteroatoms. The first kappa shape index (κ1) is 15.5. The minimum Gasteiger partial charge on any atom is -0.496 e. The minimum atomic E-state index is -0.754. The number of para-hydroxylation sites is 1. The number of hydrogen-bond donors (Lipinski definition) is 1. The first-order valence-electron chi connectivity index (χ1n) is 7.06. The summed E-state index contributed by atoms with van der Waals surface area (Å²) < 4.78 is 5.30. The van der Waals surface area contributed by atoms with Crippen molar-refractivity contribution in [2.45, 2.75) is 6.04 Å². The number of nitrogens with zero attached hydrogens (tertiary/aromatic N) is 2. The van der Waals surface area contributed by atoms with Crippen LogP contribution in [0.2, 0.25) is 0 Å². The smallest absolute Gasteiger partial charge is 0.322 e. The molecule has 1 saturated heterocycles. The van der Waals surface area contributed by atoms with Gasteiger partial charge in [-0.15, -0.1) is 0 Å². The number of carbonyl (C=O) groups is 1. The lowest BCUT2D eigenvalue weighted by molar-refractivity contribution is -0.144. The molecular weight excluding hydrogens is 268 g/mol. The van der Waals surface area contributed by atoms with Gasteiger partial charge in [-0.3, -0.25) is 14.6 Å². The van der Waals surface area contributed by atoms with Gasteiger partial charge in [-0.2, -0.15) is 0 Å². The van der Waals surface area contributed by atoms with Gasteiger partial charge in [-0.1, -0.05) is 30.4 Å². The summed E-state index contributed by atoms with van der Waals surface area (Å²) in [5.41, 5.74) is 1.03. The Morgan fingerprint density at radius 1 is 1.43 bits per heavy atom. The zero-order valence-corrected chi connectivity index (χ0v) is 12.5. The molecule has 1 aliphatic heterocycles. The van der Waals surface area contributed by atoms with Gasteiger partial charge in [0.25, 0.3) is 0 Å². The molecule has 0 aliphatic carbocycles. The van der Waals surface area contributed by atoms with Crippen molar-refractivity contribution in [2.75, 3.05) is 40.3 Å². The zero-order chi connectivity index (χ0) is 15.2. The predicted octanol–water partition coefficient (Wildman–Crippen LogP) is 1.41. The number of piperazine rings is 1. The average Bonchev–Trinajstić information content (AvgIpc) is 2.49. The van der Waals surface area contributed by atoms with E-state index in [2.05, 4.69) is 11.0 Å². The molecule has 0 saturated carbocycles. The number of ether oxygens (including phenoxy) is 1. The number of benzene rings is 1. The molecule has 114 valence electrons. The van der Waals surface area contributed by atoms with Crippen molar-refractivity contribution in [1.82, 2.24) is 9.80 Å². The number of aliphatic carboxylic acids is 1. The van der Waals surface area contributed by atoms with Gasteiger partial charge in [0, 0.05) is 31.7 Å². The van der Waals surface area contributed by atoms with E-state index in [4.69, 9.17) is 4.74 Å². The number of carboxylic acids is 1. The van der Waals surface area contributed by atoms with E-state index >= 15 is 0 Å². The normalized spacial score (nSPS) is 20.8. The highest BCUT2D eigenvalue weighted by molar-refractivity contribution is 5.73. The Balaban J connectivity index is 1.93.